The van der Waals surface area contributed by atoms with Crippen LogP contribution in [0.3, 0.4) is 0 Å². The molecule has 1 atom stereocenters. The molecule has 0 spiro atoms. The van der Waals surface area contributed by atoms with Gasteiger partial charge in [0.2, 0.25) is 0 Å². The van der Waals surface area contributed by atoms with Crippen LogP contribution in [0.2, 0.25) is 0 Å². The van der Waals surface area contributed by atoms with Gasteiger partial charge in [-0.05, 0) is 51.2 Å². The van der Waals surface area contributed by atoms with Crippen molar-refractivity contribution in [3.63, 3.8) is 0 Å². The highest BCUT2D eigenvalue weighted by Gasteiger charge is 2.32. The zero-order chi connectivity index (χ0) is 18.7. The quantitative estimate of drug-likeness (QED) is 0.893. The number of para-hydroxylation sites is 1. The summed E-state index contributed by atoms with van der Waals surface area (Å²) in [5, 5.41) is 2.86. The van der Waals surface area contributed by atoms with Gasteiger partial charge in [0, 0.05) is 36.6 Å². The number of hydrogen-bond acceptors (Lipinski definition) is 4. The summed E-state index contributed by atoms with van der Waals surface area (Å²) in [5.74, 6) is -0.372. The summed E-state index contributed by atoms with van der Waals surface area (Å²) in [7, 11) is 3.90. The first-order chi connectivity index (χ1) is 12.5. The van der Waals surface area contributed by atoms with Crippen molar-refractivity contribution in [2.45, 2.75) is 19.4 Å². The molecule has 0 saturated carbocycles. The minimum absolute atomic E-state index is 0.0688. The number of rotatable bonds is 5. The average molecular weight is 352 g/mol. The van der Waals surface area contributed by atoms with Crippen molar-refractivity contribution < 1.29 is 9.59 Å². The van der Waals surface area contributed by atoms with Gasteiger partial charge in [0.25, 0.3) is 11.8 Å². The number of nitrogens with zero attached hydrogens (tertiary/aromatic N) is 3. The second kappa shape index (κ2) is 7.66. The highest BCUT2D eigenvalue weighted by Crippen LogP contribution is 2.32. The Morgan fingerprint density at radius 1 is 1.27 bits per heavy atom. The van der Waals surface area contributed by atoms with E-state index in [4.69, 9.17) is 0 Å². The fourth-order valence-corrected chi connectivity index (χ4v) is 3.18. The van der Waals surface area contributed by atoms with Gasteiger partial charge in [0.15, 0.2) is 0 Å². The Morgan fingerprint density at radius 3 is 2.81 bits per heavy atom. The Labute approximate surface area is 153 Å². The van der Waals surface area contributed by atoms with Crippen LogP contribution in [0, 0.1) is 0 Å². The van der Waals surface area contributed by atoms with Crippen molar-refractivity contribution in [3.05, 3.63) is 59.4 Å². The summed E-state index contributed by atoms with van der Waals surface area (Å²) in [4.78, 5) is 33.3. The van der Waals surface area contributed by atoms with Crippen LogP contribution >= 0.6 is 0 Å². The number of aromatic nitrogens is 1. The number of benzene rings is 1. The van der Waals surface area contributed by atoms with E-state index in [1.807, 2.05) is 50.2 Å². The van der Waals surface area contributed by atoms with Crippen molar-refractivity contribution in [2.24, 2.45) is 0 Å². The minimum atomic E-state index is -0.196. The second-order valence-electron chi connectivity index (χ2n) is 6.85. The van der Waals surface area contributed by atoms with Crippen LogP contribution < -0.4 is 10.2 Å². The SMILES string of the molecule is CC1Cc2ccccc2N1C(=O)c1cc(C(=O)NCCN(C)C)ccn1. The molecule has 1 N–H and O–H groups in total. The molecule has 6 heteroatoms. The molecule has 0 aliphatic carbocycles. The molecule has 0 bridgehead atoms. The third-order valence-electron chi connectivity index (χ3n) is 4.51. The normalized spacial score (nSPS) is 15.8. The smallest absolute Gasteiger partial charge is 0.277 e. The third kappa shape index (κ3) is 3.75. The summed E-state index contributed by atoms with van der Waals surface area (Å²) in [6, 6.07) is 11.2. The van der Waals surface area contributed by atoms with E-state index >= 15 is 0 Å². The number of nitrogens with one attached hydrogen (secondary N) is 1. The van der Waals surface area contributed by atoms with Gasteiger partial charge in [0.05, 0.1) is 0 Å². The molecule has 1 unspecified atom stereocenters. The zero-order valence-electron chi connectivity index (χ0n) is 15.4. The summed E-state index contributed by atoms with van der Waals surface area (Å²) in [6.45, 7) is 3.33. The molecule has 3 rings (SSSR count). The maximum atomic E-state index is 13.0. The molecule has 1 aliphatic rings. The Balaban J connectivity index is 1.78. The van der Waals surface area contributed by atoms with E-state index in [0.29, 0.717) is 12.1 Å². The third-order valence-corrected chi connectivity index (χ3v) is 4.51. The number of fused-ring (bicyclic) bond motifs is 1. The van der Waals surface area contributed by atoms with E-state index in [9.17, 15) is 9.59 Å². The average Bonchev–Trinajstić information content (AvgIpc) is 2.96. The lowest BCUT2D eigenvalue weighted by Gasteiger charge is -2.22. The Bertz CT molecular complexity index is 819. The Kier molecular flexibility index (Phi) is 5.32. The number of hydrogen-bond donors (Lipinski definition) is 1. The molecule has 2 heterocycles. The molecule has 136 valence electrons. The topological polar surface area (TPSA) is 65.5 Å². The van der Waals surface area contributed by atoms with Crippen molar-refractivity contribution in [2.75, 3.05) is 32.1 Å². The largest absolute Gasteiger partial charge is 0.351 e. The predicted octanol–water partition coefficient (Wildman–Crippen LogP) is 1.96. The van der Waals surface area contributed by atoms with E-state index in [1.165, 1.54) is 6.20 Å². The predicted molar refractivity (Wildman–Crippen MR) is 102 cm³/mol. The van der Waals surface area contributed by atoms with E-state index in [-0.39, 0.29) is 23.6 Å². The molecule has 26 heavy (non-hydrogen) atoms. The summed E-state index contributed by atoms with van der Waals surface area (Å²) >= 11 is 0. The van der Waals surface area contributed by atoms with Crippen molar-refractivity contribution in [1.82, 2.24) is 15.2 Å². The van der Waals surface area contributed by atoms with E-state index in [1.54, 1.807) is 17.0 Å². The molecule has 2 amide bonds. The van der Waals surface area contributed by atoms with Crippen LogP contribution in [0.15, 0.2) is 42.6 Å². The van der Waals surface area contributed by atoms with Crippen LogP contribution in [0.5, 0.6) is 0 Å². The molecular weight excluding hydrogens is 328 g/mol. The summed E-state index contributed by atoms with van der Waals surface area (Å²) < 4.78 is 0. The lowest BCUT2D eigenvalue weighted by molar-refractivity contribution is 0.0951. The van der Waals surface area contributed by atoms with Crippen LogP contribution in [0.4, 0.5) is 5.69 Å². The molecule has 6 nitrogen and oxygen atoms in total. The zero-order valence-corrected chi connectivity index (χ0v) is 15.4. The van der Waals surface area contributed by atoms with Gasteiger partial charge in [-0.1, -0.05) is 18.2 Å². The fourth-order valence-electron chi connectivity index (χ4n) is 3.18. The van der Waals surface area contributed by atoms with Crippen LogP contribution in [0.1, 0.15) is 33.3 Å². The van der Waals surface area contributed by atoms with E-state index in [2.05, 4.69) is 10.3 Å². The van der Waals surface area contributed by atoms with Crippen LogP contribution in [0.25, 0.3) is 0 Å². The van der Waals surface area contributed by atoms with Crippen molar-refractivity contribution in [1.29, 1.82) is 0 Å². The second-order valence-corrected chi connectivity index (χ2v) is 6.85. The van der Waals surface area contributed by atoms with Gasteiger partial charge in [-0.3, -0.25) is 14.6 Å². The molecular formula is C20H24N4O2. The van der Waals surface area contributed by atoms with E-state index in [0.717, 1.165) is 24.2 Å². The standard InChI is InChI=1S/C20H24N4O2/c1-14-12-15-6-4-5-7-18(15)24(14)20(26)17-13-16(8-9-21-17)19(25)22-10-11-23(2)3/h4-9,13-14H,10-12H2,1-3H3,(H,22,25). The number of pyridine rings is 1. The Morgan fingerprint density at radius 2 is 2.04 bits per heavy atom. The van der Waals surface area contributed by atoms with Gasteiger partial charge in [-0.15, -0.1) is 0 Å². The minimum Gasteiger partial charge on any atom is -0.351 e. The summed E-state index contributed by atoms with van der Waals surface area (Å²) in [5.41, 5.74) is 2.81. The lowest BCUT2D eigenvalue weighted by Crippen LogP contribution is -2.36. The van der Waals surface area contributed by atoms with Gasteiger partial charge in [-0.25, -0.2) is 0 Å². The molecule has 1 aromatic carbocycles. The highest BCUT2D eigenvalue weighted by molar-refractivity contribution is 6.07. The first-order valence-corrected chi connectivity index (χ1v) is 8.78. The van der Waals surface area contributed by atoms with Crippen LogP contribution in [-0.2, 0) is 6.42 Å². The number of carbonyl (C=O) groups is 2. The van der Waals surface area contributed by atoms with Crippen molar-refractivity contribution in [3.8, 4) is 0 Å². The highest BCUT2D eigenvalue weighted by atomic mass is 16.2. The molecule has 1 aliphatic heterocycles. The Hall–Kier alpha value is -2.73. The number of amides is 2. The number of likely N-dealkylation sites (N-methyl/N-ethyl adjacent to an activating group) is 1. The van der Waals surface area contributed by atoms with Crippen molar-refractivity contribution >= 4 is 17.5 Å². The maximum Gasteiger partial charge on any atom is 0.277 e. The molecule has 1 aromatic heterocycles. The first kappa shape index (κ1) is 18.1. The molecule has 0 saturated heterocycles. The van der Waals surface area contributed by atoms with Crippen LogP contribution in [-0.4, -0.2) is 54.9 Å². The van der Waals surface area contributed by atoms with Gasteiger partial charge < -0.3 is 15.1 Å². The lowest BCUT2D eigenvalue weighted by atomic mass is 10.1. The van der Waals surface area contributed by atoms with E-state index < -0.39 is 0 Å². The maximum absolute atomic E-state index is 13.0. The monoisotopic (exact) mass is 352 g/mol. The number of anilines is 1. The van der Waals surface area contributed by atoms with Gasteiger partial charge in [-0.2, -0.15) is 0 Å². The fraction of sp³-hybridized carbons (Fsp3) is 0.350. The summed E-state index contributed by atoms with van der Waals surface area (Å²) in [6.07, 6.45) is 2.34. The number of carbonyl (C=O) groups excluding carboxylic acids is 2. The van der Waals surface area contributed by atoms with Gasteiger partial charge >= 0.3 is 0 Å². The van der Waals surface area contributed by atoms with Gasteiger partial charge in [0.1, 0.15) is 5.69 Å². The first-order valence-electron chi connectivity index (χ1n) is 8.78. The molecule has 0 radical (unpaired) electrons. The molecule has 0 fully saturated rings. The molecule has 2 aromatic rings.